The Hall–Kier alpha value is -0.120. The van der Waals surface area contributed by atoms with Gasteiger partial charge in [0.1, 0.15) is 0 Å². The van der Waals surface area contributed by atoms with E-state index in [0.29, 0.717) is 19.3 Å². The van der Waals surface area contributed by atoms with Crippen molar-refractivity contribution in [2.45, 2.75) is 51.2 Å². The average Bonchev–Trinajstić information content (AvgIpc) is 2.25. The van der Waals surface area contributed by atoms with Gasteiger partial charge in [0.2, 0.25) is 0 Å². The molecule has 3 heteroatoms. The van der Waals surface area contributed by atoms with Gasteiger partial charge >= 0.3 is 0 Å². The van der Waals surface area contributed by atoms with Crippen molar-refractivity contribution in [2.75, 3.05) is 19.8 Å². The number of rotatable bonds is 6. The van der Waals surface area contributed by atoms with Crippen LogP contribution in [0.3, 0.4) is 0 Å². The third-order valence-electron chi connectivity index (χ3n) is 2.74. The van der Waals surface area contributed by atoms with Gasteiger partial charge < -0.3 is 15.2 Å². The fourth-order valence-electron chi connectivity index (χ4n) is 1.90. The van der Waals surface area contributed by atoms with Crippen LogP contribution in [0.4, 0.5) is 0 Å². The van der Waals surface area contributed by atoms with Crippen LogP contribution in [-0.4, -0.2) is 32.0 Å². The molecule has 1 unspecified atom stereocenters. The van der Waals surface area contributed by atoms with Crippen LogP contribution < -0.4 is 5.73 Å². The number of ether oxygens (including phenoxy) is 2. The topological polar surface area (TPSA) is 44.5 Å². The second kappa shape index (κ2) is 7.21. The zero-order valence-electron chi connectivity index (χ0n) is 9.21. The van der Waals surface area contributed by atoms with Crippen LogP contribution in [0.1, 0.15) is 39.0 Å². The maximum Gasteiger partial charge on any atom is 0.0930 e. The van der Waals surface area contributed by atoms with Gasteiger partial charge in [0, 0.05) is 13.2 Å². The zero-order valence-corrected chi connectivity index (χ0v) is 9.21. The van der Waals surface area contributed by atoms with Gasteiger partial charge in [-0.25, -0.2) is 0 Å². The van der Waals surface area contributed by atoms with Crippen LogP contribution in [0.25, 0.3) is 0 Å². The van der Waals surface area contributed by atoms with Crippen molar-refractivity contribution in [1.82, 2.24) is 0 Å². The maximum atomic E-state index is 5.78. The highest BCUT2D eigenvalue weighted by molar-refractivity contribution is 4.66. The van der Waals surface area contributed by atoms with E-state index < -0.39 is 0 Å². The molecule has 1 rings (SSSR count). The first-order chi connectivity index (χ1) is 6.86. The SMILES string of the molecule is CCOC(CN)COC1CCCCC1. The van der Waals surface area contributed by atoms with Gasteiger partial charge in [0.15, 0.2) is 0 Å². The van der Waals surface area contributed by atoms with E-state index >= 15 is 0 Å². The average molecular weight is 201 g/mol. The van der Waals surface area contributed by atoms with Gasteiger partial charge in [-0.05, 0) is 19.8 Å². The van der Waals surface area contributed by atoms with Gasteiger partial charge in [-0.15, -0.1) is 0 Å². The quantitative estimate of drug-likeness (QED) is 0.711. The molecule has 0 aliphatic heterocycles. The Morgan fingerprint density at radius 3 is 2.57 bits per heavy atom. The highest BCUT2D eigenvalue weighted by Gasteiger charge is 2.15. The van der Waals surface area contributed by atoms with Crippen LogP contribution in [-0.2, 0) is 9.47 Å². The lowest BCUT2D eigenvalue weighted by molar-refractivity contribution is -0.0467. The first-order valence-corrected chi connectivity index (χ1v) is 5.80. The summed E-state index contributed by atoms with van der Waals surface area (Å²) >= 11 is 0. The maximum absolute atomic E-state index is 5.78. The van der Waals surface area contributed by atoms with Crippen molar-refractivity contribution in [2.24, 2.45) is 5.73 Å². The van der Waals surface area contributed by atoms with Gasteiger partial charge in [-0.1, -0.05) is 19.3 Å². The largest absolute Gasteiger partial charge is 0.375 e. The summed E-state index contributed by atoms with van der Waals surface area (Å²) in [4.78, 5) is 0. The van der Waals surface area contributed by atoms with Crippen LogP contribution in [0.5, 0.6) is 0 Å². The lowest BCUT2D eigenvalue weighted by Gasteiger charge is -2.24. The molecule has 1 saturated carbocycles. The van der Waals surface area contributed by atoms with Crippen LogP contribution >= 0.6 is 0 Å². The highest BCUT2D eigenvalue weighted by Crippen LogP contribution is 2.20. The van der Waals surface area contributed by atoms with E-state index in [-0.39, 0.29) is 6.10 Å². The Morgan fingerprint density at radius 2 is 2.00 bits per heavy atom. The molecule has 84 valence electrons. The van der Waals surface area contributed by atoms with E-state index in [2.05, 4.69) is 0 Å². The minimum Gasteiger partial charge on any atom is -0.375 e. The molecule has 0 radical (unpaired) electrons. The summed E-state index contributed by atoms with van der Waals surface area (Å²) in [7, 11) is 0. The summed E-state index contributed by atoms with van der Waals surface area (Å²) < 4.78 is 11.2. The van der Waals surface area contributed by atoms with E-state index in [0.717, 1.165) is 6.61 Å². The van der Waals surface area contributed by atoms with E-state index in [1.807, 2.05) is 6.92 Å². The molecule has 1 atom stereocenters. The highest BCUT2D eigenvalue weighted by atomic mass is 16.5. The molecule has 1 aliphatic rings. The standard InChI is InChI=1S/C11H23NO2/c1-2-13-11(8-12)9-14-10-6-4-3-5-7-10/h10-11H,2-9,12H2,1H3. The molecule has 1 fully saturated rings. The Morgan fingerprint density at radius 1 is 1.29 bits per heavy atom. The van der Waals surface area contributed by atoms with Crippen molar-refractivity contribution < 1.29 is 9.47 Å². The predicted octanol–water partition coefficient (Wildman–Crippen LogP) is 1.70. The molecule has 1 aliphatic carbocycles. The monoisotopic (exact) mass is 201 g/mol. The Balaban J connectivity index is 2.10. The molecule has 0 aromatic carbocycles. The fourth-order valence-corrected chi connectivity index (χ4v) is 1.90. The Kier molecular flexibility index (Phi) is 6.15. The van der Waals surface area contributed by atoms with E-state index in [9.17, 15) is 0 Å². The predicted molar refractivity (Wildman–Crippen MR) is 57.3 cm³/mol. The Bertz CT molecular complexity index is 130. The van der Waals surface area contributed by atoms with Crippen LogP contribution in [0.2, 0.25) is 0 Å². The molecular formula is C11H23NO2. The molecule has 0 aromatic rings. The molecule has 0 saturated heterocycles. The lowest BCUT2D eigenvalue weighted by Crippen LogP contribution is -2.31. The number of hydrogen-bond acceptors (Lipinski definition) is 3. The van der Waals surface area contributed by atoms with Crippen molar-refractivity contribution in [3.8, 4) is 0 Å². The van der Waals surface area contributed by atoms with Gasteiger partial charge in [0.25, 0.3) is 0 Å². The van der Waals surface area contributed by atoms with Crippen molar-refractivity contribution >= 4 is 0 Å². The minimum absolute atomic E-state index is 0.0851. The molecule has 0 aromatic heterocycles. The van der Waals surface area contributed by atoms with Crippen LogP contribution in [0.15, 0.2) is 0 Å². The molecule has 14 heavy (non-hydrogen) atoms. The first-order valence-electron chi connectivity index (χ1n) is 5.80. The molecule has 3 nitrogen and oxygen atoms in total. The third-order valence-corrected chi connectivity index (χ3v) is 2.74. The fraction of sp³-hybridized carbons (Fsp3) is 1.00. The molecular weight excluding hydrogens is 178 g/mol. The minimum atomic E-state index is 0.0851. The second-order valence-electron chi connectivity index (χ2n) is 3.91. The number of hydrogen-bond donors (Lipinski definition) is 1. The summed E-state index contributed by atoms with van der Waals surface area (Å²) in [5, 5.41) is 0. The smallest absolute Gasteiger partial charge is 0.0930 e. The third kappa shape index (κ3) is 4.40. The van der Waals surface area contributed by atoms with Gasteiger partial charge in [-0.3, -0.25) is 0 Å². The normalized spacial score (nSPS) is 21.0. The van der Waals surface area contributed by atoms with Gasteiger partial charge in [-0.2, -0.15) is 0 Å². The van der Waals surface area contributed by atoms with Gasteiger partial charge in [0.05, 0.1) is 18.8 Å². The van der Waals surface area contributed by atoms with Crippen molar-refractivity contribution in [3.05, 3.63) is 0 Å². The van der Waals surface area contributed by atoms with E-state index in [1.54, 1.807) is 0 Å². The summed E-state index contributed by atoms with van der Waals surface area (Å²) in [6, 6.07) is 0. The molecule has 2 N–H and O–H groups in total. The molecule has 0 spiro atoms. The first kappa shape index (κ1) is 12.0. The summed E-state index contributed by atoms with van der Waals surface area (Å²) in [5.74, 6) is 0. The lowest BCUT2D eigenvalue weighted by atomic mass is 9.98. The van der Waals surface area contributed by atoms with Crippen LogP contribution in [0, 0.1) is 0 Å². The second-order valence-corrected chi connectivity index (χ2v) is 3.91. The zero-order chi connectivity index (χ0) is 10.2. The van der Waals surface area contributed by atoms with Crippen molar-refractivity contribution in [3.63, 3.8) is 0 Å². The number of nitrogens with two attached hydrogens (primary N) is 1. The van der Waals surface area contributed by atoms with Crippen molar-refractivity contribution in [1.29, 1.82) is 0 Å². The molecule has 0 bridgehead atoms. The molecule has 0 heterocycles. The summed E-state index contributed by atoms with van der Waals surface area (Å²) in [6.45, 7) is 3.93. The summed E-state index contributed by atoms with van der Waals surface area (Å²) in [6.07, 6.45) is 6.96. The van der Waals surface area contributed by atoms with E-state index in [4.69, 9.17) is 15.2 Å². The Labute approximate surface area is 86.9 Å². The molecule has 0 amide bonds. The van der Waals surface area contributed by atoms with E-state index in [1.165, 1.54) is 32.1 Å². The summed E-state index contributed by atoms with van der Waals surface area (Å²) in [5.41, 5.74) is 5.57.